The Morgan fingerprint density at radius 1 is 1.00 bits per heavy atom. The van der Waals surface area contributed by atoms with E-state index in [-0.39, 0.29) is 18.4 Å². The molecule has 126 valence electrons. The molecule has 0 bridgehead atoms. The third-order valence-electron chi connectivity index (χ3n) is 3.63. The van der Waals surface area contributed by atoms with Gasteiger partial charge < -0.3 is 10.2 Å². The normalized spacial score (nSPS) is 10.4. The van der Waals surface area contributed by atoms with Crippen molar-refractivity contribution < 1.29 is 9.59 Å². The summed E-state index contributed by atoms with van der Waals surface area (Å²) in [6, 6.07) is 10.4. The largest absolute Gasteiger partial charge is 0.325 e. The van der Waals surface area contributed by atoms with Crippen LogP contribution in [0.5, 0.6) is 0 Å². The van der Waals surface area contributed by atoms with Gasteiger partial charge in [0.05, 0.1) is 0 Å². The van der Waals surface area contributed by atoms with Gasteiger partial charge in [-0.2, -0.15) is 0 Å². The molecule has 0 spiro atoms. The molecule has 0 fully saturated rings. The average molecular weight is 365 g/mol. The standard InChI is InChI=1S/C18H18Cl2N2O2/c1-11-4-5-16(6-12(11)2)21-18(24)10-22(13(3)23)17-8-14(19)7-15(20)9-17/h4-9H,10H2,1-3H3,(H,21,24). The molecule has 0 saturated heterocycles. The lowest BCUT2D eigenvalue weighted by Crippen LogP contribution is -2.36. The Morgan fingerprint density at radius 2 is 1.62 bits per heavy atom. The van der Waals surface area contributed by atoms with Gasteiger partial charge in [0, 0.05) is 28.3 Å². The van der Waals surface area contributed by atoms with E-state index >= 15 is 0 Å². The molecule has 0 atom stereocenters. The second kappa shape index (κ2) is 7.69. The van der Waals surface area contributed by atoms with Crippen molar-refractivity contribution in [2.24, 2.45) is 0 Å². The molecule has 0 saturated carbocycles. The summed E-state index contributed by atoms with van der Waals surface area (Å²) in [5, 5.41) is 3.60. The maximum absolute atomic E-state index is 12.3. The number of amides is 2. The molecule has 0 aromatic heterocycles. The summed E-state index contributed by atoms with van der Waals surface area (Å²) in [6.07, 6.45) is 0. The molecule has 0 aliphatic carbocycles. The molecule has 0 heterocycles. The lowest BCUT2D eigenvalue weighted by molar-refractivity contribution is -0.120. The van der Waals surface area contributed by atoms with E-state index in [4.69, 9.17) is 23.2 Å². The van der Waals surface area contributed by atoms with E-state index in [0.29, 0.717) is 21.4 Å². The number of rotatable bonds is 4. The van der Waals surface area contributed by atoms with Crippen LogP contribution in [0.3, 0.4) is 0 Å². The molecule has 2 aromatic carbocycles. The highest BCUT2D eigenvalue weighted by molar-refractivity contribution is 6.35. The highest BCUT2D eigenvalue weighted by Gasteiger charge is 2.17. The molecule has 6 heteroatoms. The summed E-state index contributed by atoms with van der Waals surface area (Å²) in [6.45, 7) is 5.24. The zero-order chi connectivity index (χ0) is 17.9. The fourth-order valence-electron chi connectivity index (χ4n) is 2.24. The minimum Gasteiger partial charge on any atom is -0.325 e. The molecular weight excluding hydrogens is 347 g/mol. The van der Waals surface area contributed by atoms with Gasteiger partial charge >= 0.3 is 0 Å². The van der Waals surface area contributed by atoms with E-state index in [1.54, 1.807) is 18.2 Å². The number of carbonyl (C=O) groups excluding carboxylic acids is 2. The summed E-state index contributed by atoms with van der Waals surface area (Å²) < 4.78 is 0. The maximum atomic E-state index is 12.3. The van der Waals surface area contributed by atoms with Crippen LogP contribution < -0.4 is 10.2 Å². The van der Waals surface area contributed by atoms with Gasteiger partial charge in [-0.05, 0) is 55.3 Å². The summed E-state index contributed by atoms with van der Waals surface area (Å²) in [5.41, 5.74) is 3.40. The number of halogens is 2. The van der Waals surface area contributed by atoms with E-state index in [1.165, 1.54) is 11.8 Å². The van der Waals surface area contributed by atoms with Gasteiger partial charge in [-0.1, -0.05) is 29.3 Å². The Balaban J connectivity index is 2.16. The van der Waals surface area contributed by atoms with Crippen LogP contribution in [0, 0.1) is 13.8 Å². The second-order valence-electron chi connectivity index (χ2n) is 5.58. The van der Waals surface area contributed by atoms with Gasteiger partial charge in [0.25, 0.3) is 0 Å². The summed E-state index contributed by atoms with van der Waals surface area (Å²) >= 11 is 11.9. The Bertz CT molecular complexity index is 770. The summed E-state index contributed by atoms with van der Waals surface area (Å²) in [5.74, 6) is -0.576. The lowest BCUT2D eigenvalue weighted by atomic mass is 10.1. The van der Waals surface area contributed by atoms with Crippen molar-refractivity contribution in [3.8, 4) is 0 Å². The Morgan fingerprint density at radius 3 is 2.17 bits per heavy atom. The van der Waals surface area contributed by atoms with Gasteiger partial charge in [0.1, 0.15) is 6.54 Å². The van der Waals surface area contributed by atoms with Gasteiger partial charge in [0.15, 0.2) is 0 Å². The minimum absolute atomic E-state index is 0.126. The predicted molar refractivity (Wildman–Crippen MR) is 99.0 cm³/mol. The lowest BCUT2D eigenvalue weighted by Gasteiger charge is -2.21. The topological polar surface area (TPSA) is 49.4 Å². The second-order valence-corrected chi connectivity index (χ2v) is 6.45. The molecule has 4 nitrogen and oxygen atoms in total. The molecule has 0 radical (unpaired) electrons. The van der Waals surface area contributed by atoms with Crippen LogP contribution in [-0.2, 0) is 9.59 Å². The zero-order valence-corrected chi connectivity index (χ0v) is 15.2. The van der Waals surface area contributed by atoms with Crippen LogP contribution in [0.4, 0.5) is 11.4 Å². The van der Waals surface area contributed by atoms with Crippen molar-refractivity contribution in [1.29, 1.82) is 0 Å². The molecular formula is C18H18Cl2N2O2. The van der Waals surface area contributed by atoms with Crippen molar-refractivity contribution in [2.45, 2.75) is 20.8 Å². The smallest absolute Gasteiger partial charge is 0.244 e. The third-order valence-corrected chi connectivity index (χ3v) is 4.07. The van der Waals surface area contributed by atoms with E-state index in [9.17, 15) is 9.59 Å². The van der Waals surface area contributed by atoms with Crippen LogP contribution in [-0.4, -0.2) is 18.4 Å². The molecule has 0 unspecified atom stereocenters. The first-order valence-corrected chi connectivity index (χ1v) is 8.13. The van der Waals surface area contributed by atoms with Gasteiger partial charge in [-0.15, -0.1) is 0 Å². The number of hydrogen-bond acceptors (Lipinski definition) is 2. The quantitative estimate of drug-likeness (QED) is 0.861. The summed E-state index contributed by atoms with van der Waals surface area (Å²) in [4.78, 5) is 25.5. The van der Waals surface area contributed by atoms with Crippen LogP contribution in [0.15, 0.2) is 36.4 Å². The predicted octanol–water partition coefficient (Wildman–Crippen LogP) is 4.60. The monoisotopic (exact) mass is 364 g/mol. The fourth-order valence-corrected chi connectivity index (χ4v) is 2.76. The molecule has 2 rings (SSSR count). The van der Waals surface area contributed by atoms with Gasteiger partial charge in [-0.25, -0.2) is 0 Å². The van der Waals surface area contributed by atoms with E-state index in [0.717, 1.165) is 11.1 Å². The van der Waals surface area contributed by atoms with E-state index in [2.05, 4.69) is 5.32 Å². The summed E-state index contributed by atoms with van der Waals surface area (Å²) in [7, 11) is 0. The van der Waals surface area contributed by atoms with Crippen LogP contribution in [0.1, 0.15) is 18.1 Å². The number of nitrogens with zero attached hydrogens (tertiary/aromatic N) is 1. The molecule has 0 aliphatic heterocycles. The van der Waals surface area contributed by atoms with E-state index < -0.39 is 0 Å². The number of nitrogens with one attached hydrogen (secondary N) is 1. The molecule has 24 heavy (non-hydrogen) atoms. The first-order chi connectivity index (χ1) is 11.3. The number of aryl methyl sites for hydroxylation is 2. The Kier molecular flexibility index (Phi) is 5.86. The van der Waals surface area contributed by atoms with Crippen molar-refractivity contribution in [3.63, 3.8) is 0 Å². The number of hydrogen-bond donors (Lipinski definition) is 1. The van der Waals surface area contributed by atoms with Crippen molar-refractivity contribution in [3.05, 3.63) is 57.6 Å². The van der Waals surface area contributed by atoms with Gasteiger partial charge in [0.2, 0.25) is 11.8 Å². The van der Waals surface area contributed by atoms with Crippen molar-refractivity contribution in [1.82, 2.24) is 0 Å². The first-order valence-electron chi connectivity index (χ1n) is 7.37. The fraction of sp³-hybridized carbons (Fsp3) is 0.222. The minimum atomic E-state index is -0.301. The number of carbonyl (C=O) groups is 2. The van der Waals surface area contributed by atoms with Gasteiger partial charge in [-0.3, -0.25) is 9.59 Å². The average Bonchev–Trinajstić information content (AvgIpc) is 2.47. The zero-order valence-electron chi connectivity index (χ0n) is 13.7. The molecule has 1 N–H and O–H groups in total. The van der Waals surface area contributed by atoms with Crippen molar-refractivity contribution in [2.75, 3.05) is 16.8 Å². The highest BCUT2D eigenvalue weighted by Crippen LogP contribution is 2.25. The molecule has 2 amide bonds. The Hall–Kier alpha value is -2.04. The number of benzene rings is 2. The van der Waals surface area contributed by atoms with Crippen LogP contribution in [0.2, 0.25) is 10.0 Å². The van der Waals surface area contributed by atoms with Crippen molar-refractivity contribution >= 4 is 46.4 Å². The van der Waals surface area contributed by atoms with Crippen LogP contribution in [0.25, 0.3) is 0 Å². The maximum Gasteiger partial charge on any atom is 0.244 e. The molecule has 2 aromatic rings. The highest BCUT2D eigenvalue weighted by atomic mass is 35.5. The van der Waals surface area contributed by atoms with E-state index in [1.807, 2.05) is 32.0 Å². The first kappa shape index (κ1) is 18.3. The molecule has 0 aliphatic rings. The number of anilines is 2. The Labute approximate surface area is 151 Å². The SMILES string of the molecule is CC(=O)N(CC(=O)Nc1ccc(C)c(C)c1)c1cc(Cl)cc(Cl)c1. The van der Waals surface area contributed by atoms with Crippen LogP contribution >= 0.6 is 23.2 Å². The third kappa shape index (κ3) is 4.73.